The number of aliphatic imine (C=N–C) groups is 1. The van der Waals surface area contributed by atoms with Gasteiger partial charge in [0.2, 0.25) is 10.0 Å². The van der Waals surface area contributed by atoms with Crippen LogP contribution in [-0.2, 0) is 22.0 Å². The molecule has 154 valence electrons. The van der Waals surface area contributed by atoms with Gasteiger partial charge in [0.1, 0.15) is 10.0 Å². The summed E-state index contributed by atoms with van der Waals surface area (Å²) >= 11 is 1.11. The molecular weight excluding hydrogens is 514 g/mol. The second-order valence-corrected chi connectivity index (χ2v) is 9.53. The van der Waals surface area contributed by atoms with Crippen molar-refractivity contribution in [3.05, 3.63) is 52.7 Å². The maximum atomic E-state index is 14.1. The number of thiophene rings is 1. The number of hydrogen-bond donors (Lipinski definition) is 3. The van der Waals surface area contributed by atoms with Gasteiger partial charge in [0.15, 0.2) is 5.96 Å². The molecule has 0 bridgehead atoms. The fourth-order valence-electron chi connectivity index (χ4n) is 2.93. The summed E-state index contributed by atoms with van der Waals surface area (Å²) in [6, 6.07) is 10.1. The van der Waals surface area contributed by atoms with Gasteiger partial charge in [0.25, 0.3) is 0 Å². The molecule has 0 amide bonds. The van der Waals surface area contributed by atoms with E-state index >= 15 is 0 Å². The zero-order valence-electron chi connectivity index (χ0n) is 15.4. The third kappa shape index (κ3) is 5.65. The highest BCUT2D eigenvalue weighted by Crippen LogP contribution is 2.48. The van der Waals surface area contributed by atoms with Crippen LogP contribution >= 0.6 is 35.3 Å². The quantitative estimate of drug-likeness (QED) is 0.287. The van der Waals surface area contributed by atoms with Crippen LogP contribution in [0, 0.1) is 5.82 Å². The number of nitrogens with two attached hydrogens (primary N) is 1. The Bertz CT molecular complexity index is 943. The largest absolute Gasteiger partial charge is 0.357 e. The van der Waals surface area contributed by atoms with Crippen LogP contribution in [0.25, 0.3) is 0 Å². The number of halogens is 2. The lowest BCUT2D eigenvalue weighted by atomic mass is 9.95. The van der Waals surface area contributed by atoms with E-state index in [0.29, 0.717) is 25.6 Å². The van der Waals surface area contributed by atoms with Gasteiger partial charge in [0, 0.05) is 23.4 Å². The molecule has 1 aliphatic carbocycles. The number of primary sulfonamides is 1. The lowest BCUT2D eigenvalue weighted by Gasteiger charge is -2.19. The summed E-state index contributed by atoms with van der Waals surface area (Å²) in [5, 5.41) is 11.6. The van der Waals surface area contributed by atoms with Crippen molar-refractivity contribution in [1.82, 2.24) is 10.6 Å². The lowest BCUT2D eigenvalue weighted by molar-refractivity contribution is 0.559. The van der Waals surface area contributed by atoms with E-state index in [-0.39, 0.29) is 39.4 Å². The predicted octanol–water partition coefficient (Wildman–Crippen LogP) is 2.94. The van der Waals surface area contributed by atoms with Crippen LogP contribution < -0.4 is 15.8 Å². The molecule has 2 aromatic rings. The summed E-state index contributed by atoms with van der Waals surface area (Å²) in [6.07, 6.45) is 1.87. The van der Waals surface area contributed by atoms with E-state index in [1.165, 1.54) is 12.1 Å². The molecule has 3 rings (SSSR count). The monoisotopic (exact) mass is 538 g/mol. The van der Waals surface area contributed by atoms with Gasteiger partial charge in [0.05, 0.1) is 6.54 Å². The van der Waals surface area contributed by atoms with Gasteiger partial charge in [-0.15, -0.1) is 35.3 Å². The van der Waals surface area contributed by atoms with Gasteiger partial charge in [-0.3, -0.25) is 0 Å². The summed E-state index contributed by atoms with van der Waals surface area (Å²) in [5.74, 6) is 0.443. The van der Waals surface area contributed by atoms with Crippen molar-refractivity contribution in [2.75, 3.05) is 13.1 Å². The number of rotatable bonds is 7. The minimum absolute atomic E-state index is 0. The van der Waals surface area contributed by atoms with Crippen LogP contribution in [-0.4, -0.2) is 27.5 Å². The van der Waals surface area contributed by atoms with Crippen LogP contribution in [0.2, 0.25) is 0 Å². The normalized spacial score (nSPS) is 15.6. The van der Waals surface area contributed by atoms with Gasteiger partial charge in [-0.05, 0) is 43.5 Å². The molecule has 0 saturated heterocycles. The summed E-state index contributed by atoms with van der Waals surface area (Å²) in [7, 11) is -3.68. The zero-order valence-corrected chi connectivity index (χ0v) is 19.4. The van der Waals surface area contributed by atoms with E-state index in [1.54, 1.807) is 12.1 Å². The van der Waals surface area contributed by atoms with Gasteiger partial charge >= 0.3 is 0 Å². The number of nitrogens with zero attached hydrogens (tertiary/aromatic N) is 1. The van der Waals surface area contributed by atoms with Crippen molar-refractivity contribution >= 4 is 51.3 Å². The topological polar surface area (TPSA) is 96.6 Å². The average molecular weight is 538 g/mol. The van der Waals surface area contributed by atoms with Crippen molar-refractivity contribution in [2.45, 2.75) is 35.9 Å². The first-order valence-electron chi connectivity index (χ1n) is 8.73. The molecule has 1 heterocycles. The number of nitrogens with one attached hydrogen (secondary N) is 2. The first-order valence-corrected chi connectivity index (χ1v) is 11.1. The molecule has 0 unspecified atom stereocenters. The smallest absolute Gasteiger partial charge is 0.247 e. The summed E-state index contributed by atoms with van der Waals surface area (Å²) in [4.78, 5) is 5.30. The Balaban J connectivity index is 0.00000280. The maximum Gasteiger partial charge on any atom is 0.247 e. The van der Waals surface area contributed by atoms with E-state index in [4.69, 9.17) is 5.14 Å². The van der Waals surface area contributed by atoms with Crippen LogP contribution in [0.4, 0.5) is 4.39 Å². The summed E-state index contributed by atoms with van der Waals surface area (Å²) < 4.78 is 37.0. The second kappa shape index (κ2) is 9.51. The Morgan fingerprint density at radius 2 is 1.96 bits per heavy atom. The number of benzene rings is 1. The minimum Gasteiger partial charge on any atom is -0.357 e. The van der Waals surface area contributed by atoms with Crippen molar-refractivity contribution < 1.29 is 12.8 Å². The van der Waals surface area contributed by atoms with Crippen LogP contribution in [0.5, 0.6) is 0 Å². The molecule has 0 radical (unpaired) electrons. The molecule has 6 nitrogen and oxygen atoms in total. The predicted molar refractivity (Wildman–Crippen MR) is 121 cm³/mol. The van der Waals surface area contributed by atoms with E-state index in [1.807, 2.05) is 19.1 Å². The standard InChI is InChI=1S/C18H23FN4O2S2.HI/c1-2-21-17(22-11-13-7-8-16(26-13)27(20,24)25)23-12-18(9-10-18)14-5-3-4-6-15(14)19;/h3-8H,2,9-12H2,1H3,(H2,20,24,25)(H2,21,22,23);1H. The molecule has 0 atom stereocenters. The SMILES string of the molecule is CCNC(=NCc1ccc(S(N)(=O)=O)s1)NCC1(c2ccccc2F)CC1.I. The molecule has 1 aliphatic rings. The van der Waals surface area contributed by atoms with Gasteiger partial charge in [-0.1, -0.05) is 18.2 Å². The van der Waals surface area contributed by atoms with E-state index in [2.05, 4.69) is 15.6 Å². The van der Waals surface area contributed by atoms with Crippen molar-refractivity contribution in [3.8, 4) is 0 Å². The first-order chi connectivity index (χ1) is 12.8. The van der Waals surface area contributed by atoms with Crippen molar-refractivity contribution in [1.29, 1.82) is 0 Å². The Kier molecular flexibility index (Phi) is 7.82. The fourth-order valence-corrected chi connectivity index (χ4v) is 4.63. The Morgan fingerprint density at radius 1 is 1.25 bits per heavy atom. The summed E-state index contributed by atoms with van der Waals surface area (Å²) in [5.41, 5.74) is 0.551. The van der Waals surface area contributed by atoms with E-state index < -0.39 is 10.0 Å². The second-order valence-electron chi connectivity index (χ2n) is 6.57. The van der Waals surface area contributed by atoms with Crippen molar-refractivity contribution in [3.63, 3.8) is 0 Å². The minimum atomic E-state index is -3.68. The first kappa shape index (κ1) is 23.0. The molecule has 1 aromatic heterocycles. The molecule has 0 aliphatic heterocycles. The molecule has 28 heavy (non-hydrogen) atoms. The van der Waals surface area contributed by atoms with Gasteiger partial charge < -0.3 is 10.6 Å². The van der Waals surface area contributed by atoms with Crippen LogP contribution in [0.3, 0.4) is 0 Å². The highest BCUT2D eigenvalue weighted by atomic mass is 127. The highest BCUT2D eigenvalue weighted by Gasteiger charge is 2.45. The number of sulfonamides is 1. The molecule has 1 saturated carbocycles. The molecule has 10 heteroatoms. The Hall–Kier alpha value is -1.24. The Morgan fingerprint density at radius 3 is 2.54 bits per heavy atom. The van der Waals surface area contributed by atoms with Gasteiger partial charge in [-0.25, -0.2) is 22.9 Å². The van der Waals surface area contributed by atoms with Crippen molar-refractivity contribution in [2.24, 2.45) is 10.1 Å². The van der Waals surface area contributed by atoms with E-state index in [0.717, 1.165) is 34.6 Å². The molecule has 1 fully saturated rings. The van der Waals surface area contributed by atoms with Crippen LogP contribution in [0.15, 0.2) is 45.6 Å². The summed E-state index contributed by atoms with van der Waals surface area (Å²) in [6.45, 7) is 3.57. The number of hydrogen-bond acceptors (Lipinski definition) is 4. The zero-order chi connectivity index (χ0) is 19.5. The van der Waals surface area contributed by atoms with Crippen LogP contribution in [0.1, 0.15) is 30.2 Å². The molecular formula is C18H24FIN4O2S2. The van der Waals surface area contributed by atoms with Gasteiger partial charge in [-0.2, -0.15) is 0 Å². The van der Waals surface area contributed by atoms with E-state index in [9.17, 15) is 12.8 Å². The molecule has 0 spiro atoms. The maximum absolute atomic E-state index is 14.1. The highest BCUT2D eigenvalue weighted by molar-refractivity contribution is 14.0. The molecule has 1 aromatic carbocycles. The fraction of sp³-hybridized carbons (Fsp3) is 0.389. The number of guanidine groups is 1. The average Bonchev–Trinajstić information content (AvgIpc) is 3.24. The third-order valence-electron chi connectivity index (χ3n) is 4.55. The Labute approximate surface area is 185 Å². The third-order valence-corrected chi connectivity index (χ3v) is 7.06. The molecule has 4 N–H and O–H groups in total. The lowest BCUT2D eigenvalue weighted by Crippen LogP contribution is -2.41.